The number of hydrogen-bond acceptors (Lipinski definition) is 3. The third-order valence-corrected chi connectivity index (χ3v) is 5.03. The maximum Gasteiger partial charge on any atom is 0.124 e. The van der Waals surface area contributed by atoms with Gasteiger partial charge in [0.05, 0.1) is 0 Å². The molecule has 0 saturated carbocycles. The van der Waals surface area contributed by atoms with Crippen LogP contribution >= 0.6 is 15.9 Å². The molecule has 0 heterocycles. The van der Waals surface area contributed by atoms with Crippen molar-refractivity contribution in [2.24, 2.45) is 0 Å². The minimum atomic E-state index is 0.596. The van der Waals surface area contributed by atoms with Crippen molar-refractivity contribution in [1.82, 2.24) is 10.2 Å². The van der Waals surface area contributed by atoms with Crippen LogP contribution < -0.4 is 10.1 Å². The smallest absolute Gasteiger partial charge is 0.124 e. The van der Waals surface area contributed by atoms with Crippen molar-refractivity contribution in [3.05, 3.63) is 63.6 Å². The molecule has 142 valence electrons. The van der Waals surface area contributed by atoms with E-state index in [9.17, 15) is 0 Å². The first-order chi connectivity index (χ1) is 12.6. The molecule has 1 N–H and O–H groups in total. The van der Waals surface area contributed by atoms with E-state index >= 15 is 0 Å². The van der Waals surface area contributed by atoms with Crippen molar-refractivity contribution in [3.8, 4) is 5.75 Å². The van der Waals surface area contributed by atoms with Crippen LogP contribution in [0.15, 0.2) is 46.9 Å². The minimum absolute atomic E-state index is 0.596. The molecule has 0 atom stereocenters. The summed E-state index contributed by atoms with van der Waals surface area (Å²) >= 11 is 3.57. The van der Waals surface area contributed by atoms with Crippen molar-refractivity contribution in [2.45, 2.75) is 40.3 Å². The molecule has 2 rings (SSSR count). The summed E-state index contributed by atoms with van der Waals surface area (Å²) < 4.78 is 7.18. The van der Waals surface area contributed by atoms with Gasteiger partial charge in [-0.1, -0.05) is 59.6 Å². The molecule has 2 aromatic carbocycles. The van der Waals surface area contributed by atoms with E-state index in [0.29, 0.717) is 6.61 Å². The van der Waals surface area contributed by atoms with Gasteiger partial charge >= 0.3 is 0 Å². The summed E-state index contributed by atoms with van der Waals surface area (Å²) in [6.45, 7) is 12.4. The lowest BCUT2D eigenvalue weighted by Gasteiger charge is -2.18. The molecular formula is C22H31BrN2O. The fraction of sp³-hybridized carbons (Fsp3) is 0.455. The second kappa shape index (κ2) is 11.4. The number of nitrogens with zero attached hydrogens (tertiary/aromatic N) is 1. The van der Waals surface area contributed by atoms with Gasteiger partial charge < -0.3 is 15.0 Å². The number of rotatable bonds is 11. The highest BCUT2D eigenvalue weighted by molar-refractivity contribution is 9.10. The SMILES string of the molecule is CCN(CC)CCCNCc1cc(Br)ccc1OCc1cccc(C)c1. The second-order valence-electron chi connectivity index (χ2n) is 6.59. The lowest BCUT2D eigenvalue weighted by molar-refractivity contribution is 0.295. The van der Waals surface area contributed by atoms with Crippen LogP contribution in [0.3, 0.4) is 0 Å². The van der Waals surface area contributed by atoms with Gasteiger partial charge in [-0.15, -0.1) is 0 Å². The molecule has 4 heteroatoms. The van der Waals surface area contributed by atoms with E-state index in [-0.39, 0.29) is 0 Å². The van der Waals surface area contributed by atoms with Gasteiger partial charge in [0.2, 0.25) is 0 Å². The zero-order chi connectivity index (χ0) is 18.8. The van der Waals surface area contributed by atoms with E-state index < -0.39 is 0 Å². The molecular weight excluding hydrogens is 388 g/mol. The van der Waals surface area contributed by atoms with Gasteiger partial charge in [0, 0.05) is 16.6 Å². The summed E-state index contributed by atoms with van der Waals surface area (Å²) in [6.07, 6.45) is 1.16. The lowest BCUT2D eigenvalue weighted by atomic mass is 10.1. The molecule has 26 heavy (non-hydrogen) atoms. The van der Waals surface area contributed by atoms with Crippen LogP contribution in [0.25, 0.3) is 0 Å². The van der Waals surface area contributed by atoms with E-state index in [4.69, 9.17) is 4.74 Å². The Morgan fingerprint density at radius 3 is 2.62 bits per heavy atom. The second-order valence-corrected chi connectivity index (χ2v) is 7.50. The van der Waals surface area contributed by atoms with Gasteiger partial charge in [-0.2, -0.15) is 0 Å². The highest BCUT2D eigenvalue weighted by atomic mass is 79.9. The molecule has 0 bridgehead atoms. The minimum Gasteiger partial charge on any atom is -0.489 e. The molecule has 0 radical (unpaired) electrons. The standard InChI is InChI=1S/C22H31BrN2O/c1-4-25(5-2)13-7-12-24-16-20-15-21(23)10-11-22(20)26-17-19-9-6-8-18(3)14-19/h6,8-11,14-15,24H,4-5,7,12-13,16-17H2,1-3H3. The van der Waals surface area contributed by atoms with Gasteiger partial charge in [0.15, 0.2) is 0 Å². The number of ether oxygens (including phenoxy) is 1. The van der Waals surface area contributed by atoms with Crippen molar-refractivity contribution in [2.75, 3.05) is 26.2 Å². The molecule has 0 amide bonds. The van der Waals surface area contributed by atoms with E-state index in [1.807, 2.05) is 12.1 Å². The van der Waals surface area contributed by atoms with Crippen molar-refractivity contribution < 1.29 is 4.74 Å². The maximum absolute atomic E-state index is 6.09. The third-order valence-electron chi connectivity index (χ3n) is 4.54. The van der Waals surface area contributed by atoms with Gasteiger partial charge in [0.25, 0.3) is 0 Å². The first kappa shape index (κ1) is 20.9. The fourth-order valence-corrected chi connectivity index (χ4v) is 3.39. The molecule has 0 aromatic heterocycles. The molecule has 0 fully saturated rings. The Morgan fingerprint density at radius 1 is 1.08 bits per heavy atom. The van der Waals surface area contributed by atoms with E-state index in [2.05, 4.69) is 77.2 Å². The van der Waals surface area contributed by atoms with E-state index in [1.165, 1.54) is 16.7 Å². The number of halogens is 1. The summed E-state index contributed by atoms with van der Waals surface area (Å²) in [5.41, 5.74) is 3.65. The first-order valence-corrected chi connectivity index (χ1v) is 10.3. The predicted octanol–water partition coefficient (Wildman–Crippen LogP) is 5.16. The Balaban J connectivity index is 1.86. The van der Waals surface area contributed by atoms with Crippen LogP contribution in [0.2, 0.25) is 0 Å². The molecule has 0 saturated heterocycles. The summed E-state index contributed by atoms with van der Waals surface area (Å²) in [7, 11) is 0. The van der Waals surface area contributed by atoms with Crippen LogP contribution in [0.5, 0.6) is 5.75 Å². The quantitative estimate of drug-likeness (QED) is 0.510. The number of aryl methyl sites for hydroxylation is 1. The molecule has 0 aliphatic heterocycles. The van der Waals surface area contributed by atoms with Gasteiger partial charge in [-0.3, -0.25) is 0 Å². The molecule has 0 aliphatic carbocycles. The Morgan fingerprint density at radius 2 is 1.88 bits per heavy atom. The van der Waals surface area contributed by atoms with Crippen LogP contribution in [0, 0.1) is 6.92 Å². The fourth-order valence-electron chi connectivity index (χ4n) is 2.98. The summed E-state index contributed by atoms with van der Waals surface area (Å²) in [6, 6.07) is 14.7. The Labute approximate surface area is 166 Å². The monoisotopic (exact) mass is 418 g/mol. The van der Waals surface area contributed by atoms with Crippen molar-refractivity contribution in [3.63, 3.8) is 0 Å². The number of nitrogens with one attached hydrogen (secondary N) is 1. The summed E-state index contributed by atoms with van der Waals surface area (Å²) in [5, 5.41) is 3.55. The number of hydrogen-bond donors (Lipinski definition) is 1. The molecule has 2 aromatic rings. The molecule has 3 nitrogen and oxygen atoms in total. The largest absolute Gasteiger partial charge is 0.489 e. The summed E-state index contributed by atoms with van der Waals surface area (Å²) in [5.74, 6) is 0.950. The van der Waals surface area contributed by atoms with Gasteiger partial charge in [-0.25, -0.2) is 0 Å². The molecule has 0 aliphatic rings. The first-order valence-electron chi connectivity index (χ1n) is 9.52. The number of benzene rings is 2. The lowest BCUT2D eigenvalue weighted by Crippen LogP contribution is -2.27. The Hall–Kier alpha value is -1.36. The predicted molar refractivity (Wildman–Crippen MR) is 114 cm³/mol. The maximum atomic E-state index is 6.09. The zero-order valence-corrected chi connectivity index (χ0v) is 17.8. The van der Waals surface area contributed by atoms with Gasteiger partial charge in [-0.05, 0) is 63.3 Å². The topological polar surface area (TPSA) is 24.5 Å². The Bertz CT molecular complexity index is 671. The third kappa shape index (κ3) is 7.10. The van der Waals surface area contributed by atoms with Crippen LogP contribution in [0.4, 0.5) is 0 Å². The molecule has 0 spiro atoms. The Kier molecular flexibility index (Phi) is 9.16. The highest BCUT2D eigenvalue weighted by Crippen LogP contribution is 2.24. The van der Waals surface area contributed by atoms with Crippen molar-refractivity contribution in [1.29, 1.82) is 0 Å². The van der Waals surface area contributed by atoms with Crippen LogP contribution in [-0.4, -0.2) is 31.1 Å². The molecule has 0 unspecified atom stereocenters. The van der Waals surface area contributed by atoms with E-state index in [0.717, 1.165) is 49.4 Å². The normalized spacial score (nSPS) is 11.1. The highest BCUT2D eigenvalue weighted by Gasteiger charge is 2.06. The average Bonchev–Trinajstić information content (AvgIpc) is 2.64. The average molecular weight is 419 g/mol. The van der Waals surface area contributed by atoms with E-state index in [1.54, 1.807) is 0 Å². The van der Waals surface area contributed by atoms with Gasteiger partial charge in [0.1, 0.15) is 12.4 Å². The van der Waals surface area contributed by atoms with Crippen LogP contribution in [-0.2, 0) is 13.2 Å². The zero-order valence-electron chi connectivity index (χ0n) is 16.2. The van der Waals surface area contributed by atoms with Crippen LogP contribution in [0.1, 0.15) is 37.0 Å². The summed E-state index contributed by atoms with van der Waals surface area (Å²) in [4.78, 5) is 2.46. The van der Waals surface area contributed by atoms with Crippen molar-refractivity contribution >= 4 is 15.9 Å².